The first-order chi connectivity index (χ1) is 10.9. The summed E-state index contributed by atoms with van der Waals surface area (Å²) in [6.45, 7) is 9.86. The number of imidazole rings is 1. The molecule has 0 unspecified atom stereocenters. The lowest BCUT2D eigenvalue weighted by molar-refractivity contribution is 0.251. The zero-order valence-electron chi connectivity index (χ0n) is 14.4. The number of hydrogen-bond donors (Lipinski definition) is 2. The molecule has 1 aromatic heterocycles. The van der Waals surface area contributed by atoms with Gasteiger partial charge < -0.3 is 15.2 Å². The Hall–Kier alpha value is -2.30. The van der Waals surface area contributed by atoms with E-state index in [2.05, 4.69) is 60.0 Å². The molecule has 2 aromatic rings. The van der Waals surface area contributed by atoms with E-state index in [1.807, 2.05) is 18.3 Å². The van der Waals surface area contributed by atoms with E-state index in [0.717, 1.165) is 24.5 Å². The molecule has 0 aliphatic rings. The Balaban J connectivity index is 1.81. The molecule has 5 heteroatoms. The van der Waals surface area contributed by atoms with Gasteiger partial charge in [0, 0.05) is 37.6 Å². The monoisotopic (exact) mass is 314 g/mol. The summed E-state index contributed by atoms with van der Waals surface area (Å²) >= 11 is 0. The summed E-state index contributed by atoms with van der Waals surface area (Å²) in [4.78, 5) is 16.2. The highest BCUT2D eigenvalue weighted by molar-refractivity contribution is 5.89. The van der Waals surface area contributed by atoms with E-state index < -0.39 is 0 Å². The van der Waals surface area contributed by atoms with Crippen molar-refractivity contribution in [1.82, 2.24) is 14.9 Å². The number of aromatic nitrogens is 2. The summed E-state index contributed by atoms with van der Waals surface area (Å²) in [6, 6.07) is 7.78. The van der Waals surface area contributed by atoms with Gasteiger partial charge in [-0.15, -0.1) is 0 Å². The largest absolute Gasteiger partial charge is 0.336 e. The van der Waals surface area contributed by atoms with Crippen LogP contribution in [0.4, 0.5) is 10.5 Å². The molecule has 1 aromatic carbocycles. The lowest BCUT2D eigenvalue weighted by atomic mass is 9.87. The second-order valence-electron chi connectivity index (χ2n) is 6.60. The standard InChI is InChI=1S/C18H26N4O/c1-5-16-19-10-12-22(16)13-11-20-17(23)21-15-8-6-14(7-9-15)18(2,3)4/h6-10,12H,5,11,13H2,1-4H3,(H2,20,21,23). The fourth-order valence-corrected chi connectivity index (χ4v) is 2.38. The molecule has 0 atom stereocenters. The van der Waals surface area contributed by atoms with E-state index in [1.165, 1.54) is 5.56 Å². The molecule has 0 aliphatic carbocycles. The van der Waals surface area contributed by atoms with Crippen LogP contribution >= 0.6 is 0 Å². The Morgan fingerprint density at radius 1 is 1.22 bits per heavy atom. The number of aryl methyl sites for hydroxylation is 1. The topological polar surface area (TPSA) is 59.0 Å². The van der Waals surface area contributed by atoms with Crippen molar-refractivity contribution in [3.8, 4) is 0 Å². The summed E-state index contributed by atoms with van der Waals surface area (Å²) in [5.74, 6) is 1.03. The Morgan fingerprint density at radius 2 is 1.91 bits per heavy atom. The molecule has 2 rings (SSSR count). The Labute approximate surface area is 138 Å². The maximum atomic E-state index is 11.9. The molecule has 2 N–H and O–H groups in total. The third-order valence-electron chi connectivity index (χ3n) is 3.76. The van der Waals surface area contributed by atoms with Crippen LogP contribution in [0.15, 0.2) is 36.7 Å². The van der Waals surface area contributed by atoms with Gasteiger partial charge in [0.2, 0.25) is 0 Å². The number of carbonyl (C=O) groups excluding carboxylic acids is 1. The molecule has 5 nitrogen and oxygen atoms in total. The van der Waals surface area contributed by atoms with Gasteiger partial charge in [-0.25, -0.2) is 9.78 Å². The summed E-state index contributed by atoms with van der Waals surface area (Å²) < 4.78 is 2.05. The first kappa shape index (κ1) is 17.1. The van der Waals surface area contributed by atoms with Crippen LogP contribution in [-0.2, 0) is 18.4 Å². The smallest absolute Gasteiger partial charge is 0.319 e. The molecule has 0 radical (unpaired) electrons. The predicted octanol–water partition coefficient (Wildman–Crippen LogP) is 3.56. The van der Waals surface area contributed by atoms with Crippen molar-refractivity contribution in [3.05, 3.63) is 48.0 Å². The predicted molar refractivity (Wildman–Crippen MR) is 93.8 cm³/mol. The van der Waals surface area contributed by atoms with Gasteiger partial charge in [0.05, 0.1) is 0 Å². The quantitative estimate of drug-likeness (QED) is 0.886. The number of carbonyl (C=O) groups is 1. The Morgan fingerprint density at radius 3 is 2.52 bits per heavy atom. The molecular formula is C18H26N4O. The van der Waals surface area contributed by atoms with Crippen molar-refractivity contribution in [2.75, 3.05) is 11.9 Å². The minimum atomic E-state index is -0.188. The van der Waals surface area contributed by atoms with Gasteiger partial charge in [0.1, 0.15) is 5.82 Å². The third kappa shape index (κ3) is 4.84. The average Bonchev–Trinajstić information content (AvgIpc) is 2.94. The van der Waals surface area contributed by atoms with E-state index in [9.17, 15) is 4.79 Å². The molecule has 0 saturated carbocycles. The highest BCUT2D eigenvalue weighted by atomic mass is 16.2. The van der Waals surface area contributed by atoms with Crippen molar-refractivity contribution < 1.29 is 4.79 Å². The number of nitrogens with one attached hydrogen (secondary N) is 2. The van der Waals surface area contributed by atoms with E-state index >= 15 is 0 Å². The molecule has 0 bridgehead atoms. The number of urea groups is 1. The van der Waals surface area contributed by atoms with E-state index in [0.29, 0.717) is 6.54 Å². The summed E-state index contributed by atoms with van der Waals surface area (Å²) in [7, 11) is 0. The van der Waals surface area contributed by atoms with Gasteiger partial charge in [-0.05, 0) is 23.1 Å². The highest BCUT2D eigenvalue weighted by Crippen LogP contribution is 2.23. The number of hydrogen-bond acceptors (Lipinski definition) is 2. The average molecular weight is 314 g/mol. The summed E-state index contributed by atoms with van der Waals surface area (Å²) in [6.07, 6.45) is 4.61. The van der Waals surface area contributed by atoms with Crippen LogP contribution < -0.4 is 10.6 Å². The van der Waals surface area contributed by atoms with Crippen LogP contribution in [0.2, 0.25) is 0 Å². The maximum absolute atomic E-state index is 11.9. The number of rotatable bonds is 5. The molecule has 0 fully saturated rings. The second-order valence-corrected chi connectivity index (χ2v) is 6.60. The second kappa shape index (κ2) is 7.31. The number of anilines is 1. The Bertz CT molecular complexity index is 638. The van der Waals surface area contributed by atoms with Gasteiger partial charge in [0.25, 0.3) is 0 Å². The molecule has 124 valence electrons. The van der Waals surface area contributed by atoms with Crippen LogP contribution in [0.5, 0.6) is 0 Å². The normalized spacial score (nSPS) is 11.3. The fraction of sp³-hybridized carbons (Fsp3) is 0.444. The number of nitrogens with zero attached hydrogens (tertiary/aromatic N) is 2. The van der Waals surface area contributed by atoms with E-state index in [-0.39, 0.29) is 11.4 Å². The first-order valence-electron chi connectivity index (χ1n) is 8.05. The van der Waals surface area contributed by atoms with E-state index in [1.54, 1.807) is 6.20 Å². The maximum Gasteiger partial charge on any atom is 0.319 e. The van der Waals surface area contributed by atoms with Crippen molar-refractivity contribution >= 4 is 11.7 Å². The molecule has 0 aliphatic heterocycles. The van der Waals surface area contributed by atoms with Crippen molar-refractivity contribution in [2.24, 2.45) is 0 Å². The molecule has 0 saturated heterocycles. The highest BCUT2D eigenvalue weighted by Gasteiger charge is 2.13. The summed E-state index contributed by atoms with van der Waals surface area (Å²) in [5, 5.41) is 5.72. The van der Waals surface area contributed by atoms with Gasteiger partial charge in [-0.1, -0.05) is 39.8 Å². The van der Waals surface area contributed by atoms with Crippen LogP contribution in [0, 0.1) is 0 Å². The first-order valence-corrected chi connectivity index (χ1v) is 8.05. The third-order valence-corrected chi connectivity index (χ3v) is 3.76. The zero-order valence-corrected chi connectivity index (χ0v) is 14.4. The SMILES string of the molecule is CCc1nccn1CCNC(=O)Nc1ccc(C(C)(C)C)cc1. The Kier molecular flexibility index (Phi) is 5.42. The minimum Gasteiger partial charge on any atom is -0.336 e. The van der Waals surface area contributed by atoms with Gasteiger partial charge >= 0.3 is 6.03 Å². The molecule has 1 heterocycles. The lowest BCUT2D eigenvalue weighted by Gasteiger charge is -2.19. The molecule has 23 heavy (non-hydrogen) atoms. The number of amides is 2. The van der Waals surface area contributed by atoms with Gasteiger partial charge in [-0.2, -0.15) is 0 Å². The van der Waals surface area contributed by atoms with Gasteiger partial charge in [0.15, 0.2) is 0 Å². The lowest BCUT2D eigenvalue weighted by Crippen LogP contribution is -2.31. The van der Waals surface area contributed by atoms with Crippen molar-refractivity contribution in [1.29, 1.82) is 0 Å². The van der Waals surface area contributed by atoms with Crippen LogP contribution in [0.3, 0.4) is 0 Å². The van der Waals surface area contributed by atoms with Crippen molar-refractivity contribution in [2.45, 2.75) is 46.1 Å². The van der Waals surface area contributed by atoms with E-state index in [4.69, 9.17) is 0 Å². The zero-order chi connectivity index (χ0) is 16.9. The van der Waals surface area contributed by atoms with Gasteiger partial charge in [-0.3, -0.25) is 0 Å². The van der Waals surface area contributed by atoms with Crippen LogP contribution in [0.25, 0.3) is 0 Å². The summed E-state index contributed by atoms with van der Waals surface area (Å²) in [5.41, 5.74) is 2.16. The van der Waals surface area contributed by atoms with Crippen molar-refractivity contribution in [3.63, 3.8) is 0 Å². The fourth-order valence-electron chi connectivity index (χ4n) is 2.38. The minimum absolute atomic E-state index is 0.114. The molecular weight excluding hydrogens is 288 g/mol. The van der Waals surface area contributed by atoms with Crippen LogP contribution in [0.1, 0.15) is 39.1 Å². The molecule has 2 amide bonds. The van der Waals surface area contributed by atoms with Crippen LogP contribution in [-0.4, -0.2) is 22.1 Å². The molecule has 0 spiro atoms. The number of benzene rings is 1.